The maximum atomic E-state index is 14.3. The zero-order chi connectivity index (χ0) is 21.0. The van der Waals surface area contributed by atoms with Crippen molar-refractivity contribution in [3.8, 4) is 0 Å². The van der Waals surface area contributed by atoms with Crippen molar-refractivity contribution in [2.45, 2.75) is 38.6 Å². The highest BCUT2D eigenvalue weighted by atomic mass is 32.2. The summed E-state index contributed by atoms with van der Waals surface area (Å²) in [5, 5.41) is 2.75. The molecule has 1 fully saturated rings. The van der Waals surface area contributed by atoms with E-state index in [0.29, 0.717) is 12.3 Å². The lowest BCUT2D eigenvalue weighted by atomic mass is 9.94. The molecule has 0 spiro atoms. The number of benzene rings is 2. The van der Waals surface area contributed by atoms with E-state index < -0.39 is 17.8 Å². The second kappa shape index (κ2) is 8.99. The third-order valence-electron chi connectivity index (χ3n) is 4.94. The predicted molar refractivity (Wildman–Crippen MR) is 115 cm³/mol. The normalized spacial score (nSPS) is 19.2. The first-order valence-electron chi connectivity index (χ1n) is 9.79. The van der Waals surface area contributed by atoms with E-state index in [1.54, 1.807) is 28.8 Å². The standard InChI is InChI=1S/C23H27FN2O2S/c1-23(2,3)22-26(21(28)17-11-7-8-12-18(17)24)19(15-29-22)20(27)25-14-13-16-9-5-4-6-10-16/h4-12,19,22H,13-15H2,1-3H3,(H,25,27). The van der Waals surface area contributed by atoms with Gasteiger partial charge in [-0.05, 0) is 29.5 Å². The van der Waals surface area contributed by atoms with E-state index in [-0.39, 0.29) is 22.3 Å². The van der Waals surface area contributed by atoms with Crippen LogP contribution in [0, 0.1) is 11.2 Å². The Morgan fingerprint density at radius 1 is 1.10 bits per heavy atom. The SMILES string of the molecule is CC(C)(C)C1SCC(C(=O)NCCc2ccccc2)N1C(=O)c1ccccc1F. The van der Waals surface area contributed by atoms with Gasteiger partial charge in [-0.2, -0.15) is 0 Å². The van der Waals surface area contributed by atoms with Gasteiger partial charge in [0.15, 0.2) is 0 Å². The molecular weight excluding hydrogens is 387 g/mol. The minimum atomic E-state index is -0.618. The highest BCUT2D eigenvalue weighted by molar-refractivity contribution is 8.00. The van der Waals surface area contributed by atoms with E-state index in [1.807, 2.05) is 51.1 Å². The zero-order valence-corrected chi connectivity index (χ0v) is 17.8. The van der Waals surface area contributed by atoms with Gasteiger partial charge in [0.1, 0.15) is 11.9 Å². The molecule has 4 nitrogen and oxygen atoms in total. The first-order valence-corrected chi connectivity index (χ1v) is 10.8. The third kappa shape index (κ3) is 4.99. The number of thioether (sulfide) groups is 1. The van der Waals surface area contributed by atoms with E-state index in [1.165, 1.54) is 12.1 Å². The molecule has 2 aromatic rings. The number of halogens is 1. The Balaban J connectivity index is 1.76. The Morgan fingerprint density at radius 3 is 2.41 bits per heavy atom. The Hall–Kier alpha value is -2.34. The Morgan fingerprint density at radius 2 is 1.76 bits per heavy atom. The molecule has 2 unspecified atom stereocenters. The molecule has 0 aliphatic carbocycles. The van der Waals surface area contributed by atoms with Gasteiger partial charge in [-0.3, -0.25) is 9.59 Å². The molecule has 0 radical (unpaired) electrons. The highest BCUT2D eigenvalue weighted by Crippen LogP contribution is 2.41. The van der Waals surface area contributed by atoms with Crippen molar-refractivity contribution in [1.29, 1.82) is 0 Å². The largest absolute Gasteiger partial charge is 0.354 e. The summed E-state index contributed by atoms with van der Waals surface area (Å²) in [4.78, 5) is 27.7. The van der Waals surface area contributed by atoms with Crippen LogP contribution in [-0.2, 0) is 11.2 Å². The number of carbonyl (C=O) groups is 2. The molecule has 0 saturated carbocycles. The molecule has 1 N–H and O–H groups in total. The molecule has 0 aromatic heterocycles. The zero-order valence-electron chi connectivity index (χ0n) is 17.0. The molecule has 2 amide bonds. The highest BCUT2D eigenvalue weighted by Gasteiger charge is 2.46. The molecule has 3 rings (SSSR count). The lowest BCUT2D eigenvalue weighted by Crippen LogP contribution is -2.52. The number of rotatable bonds is 5. The predicted octanol–water partition coefficient (Wildman–Crippen LogP) is 4.11. The second-order valence-corrected chi connectivity index (χ2v) is 9.40. The van der Waals surface area contributed by atoms with Gasteiger partial charge in [0, 0.05) is 12.3 Å². The summed E-state index contributed by atoms with van der Waals surface area (Å²) >= 11 is 1.57. The van der Waals surface area contributed by atoms with E-state index >= 15 is 0 Å². The minimum Gasteiger partial charge on any atom is -0.354 e. The molecule has 154 valence electrons. The summed E-state index contributed by atoms with van der Waals surface area (Å²) in [5.74, 6) is -0.689. The minimum absolute atomic E-state index is 0.00587. The van der Waals surface area contributed by atoms with E-state index in [2.05, 4.69) is 5.32 Å². The Kier molecular flexibility index (Phi) is 6.63. The van der Waals surface area contributed by atoms with Crippen LogP contribution >= 0.6 is 11.8 Å². The van der Waals surface area contributed by atoms with Crippen LogP contribution in [0.2, 0.25) is 0 Å². The summed E-state index contributed by atoms with van der Waals surface area (Å²) < 4.78 is 14.3. The van der Waals surface area contributed by atoms with Gasteiger partial charge >= 0.3 is 0 Å². The summed E-state index contributed by atoms with van der Waals surface area (Å²) in [5.41, 5.74) is 0.900. The first kappa shape index (κ1) is 21.4. The van der Waals surface area contributed by atoms with Crippen LogP contribution in [0.5, 0.6) is 0 Å². The van der Waals surface area contributed by atoms with Gasteiger partial charge in [0.2, 0.25) is 5.91 Å². The first-order chi connectivity index (χ1) is 13.8. The molecule has 6 heteroatoms. The van der Waals surface area contributed by atoms with Crippen LogP contribution in [-0.4, -0.2) is 40.4 Å². The number of amides is 2. The second-order valence-electron chi connectivity index (χ2n) is 8.29. The van der Waals surface area contributed by atoms with E-state index in [4.69, 9.17) is 0 Å². The van der Waals surface area contributed by atoms with Crippen LogP contribution < -0.4 is 5.32 Å². The third-order valence-corrected chi connectivity index (χ3v) is 6.70. The molecule has 1 aliphatic rings. The van der Waals surface area contributed by atoms with Crippen LogP contribution in [0.4, 0.5) is 4.39 Å². The van der Waals surface area contributed by atoms with Crippen molar-refractivity contribution in [2.24, 2.45) is 5.41 Å². The van der Waals surface area contributed by atoms with Crippen molar-refractivity contribution < 1.29 is 14.0 Å². The molecule has 2 aromatic carbocycles. The number of hydrogen-bond donors (Lipinski definition) is 1. The van der Waals surface area contributed by atoms with Crippen molar-refractivity contribution in [2.75, 3.05) is 12.3 Å². The molecule has 0 bridgehead atoms. The average Bonchev–Trinajstić information content (AvgIpc) is 3.14. The number of nitrogens with zero attached hydrogens (tertiary/aromatic N) is 1. The summed E-state index contributed by atoms with van der Waals surface area (Å²) in [6, 6.07) is 15.2. The van der Waals surface area contributed by atoms with Crippen LogP contribution in [0.3, 0.4) is 0 Å². The quantitative estimate of drug-likeness (QED) is 0.801. The fraction of sp³-hybridized carbons (Fsp3) is 0.391. The van der Waals surface area contributed by atoms with Gasteiger partial charge in [0.25, 0.3) is 5.91 Å². The molecule has 1 aliphatic heterocycles. The van der Waals surface area contributed by atoms with Crippen LogP contribution in [0.25, 0.3) is 0 Å². The van der Waals surface area contributed by atoms with Crippen molar-refractivity contribution in [3.05, 3.63) is 71.5 Å². The summed E-state index contributed by atoms with van der Waals surface area (Å²) in [6.45, 7) is 6.58. The lowest BCUT2D eigenvalue weighted by molar-refractivity contribution is -0.125. The van der Waals surface area contributed by atoms with Gasteiger partial charge in [-0.1, -0.05) is 63.2 Å². The van der Waals surface area contributed by atoms with Gasteiger partial charge in [0.05, 0.1) is 10.9 Å². The van der Waals surface area contributed by atoms with E-state index in [0.717, 1.165) is 12.0 Å². The number of carbonyl (C=O) groups excluding carboxylic acids is 2. The fourth-order valence-electron chi connectivity index (χ4n) is 3.49. The smallest absolute Gasteiger partial charge is 0.258 e. The van der Waals surface area contributed by atoms with Gasteiger partial charge in [-0.15, -0.1) is 11.8 Å². The molecule has 29 heavy (non-hydrogen) atoms. The van der Waals surface area contributed by atoms with Crippen LogP contribution in [0.1, 0.15) is 36.7 Å². The monoisotopic (exact) mass is 414 g/mol. The molecule has 1 heterocycles. The van der Waals surface area contributed by atoms with Gasteiger partial charge < -0.3 is 10.2 Å². The number of nitrogens with one attached hydrogen (secondary N) is 1. The average molecular weight is 415 g/mol. The summed E-state index contributed by atoms with van der Waals surface area (Å²) in [7, 11) is 0. The Bertz CT molecular complexity index is 867. The van der Waals surface area contributed by atoms with E-state index in [9.17, 15) is 14.0 Å². The lowest BCUT2D eigenvalue weighted by Gasteiger charge is -2.36. The number of hydrogen-bond acceptors (Lipinski definition) is 3. The fourth-order valence-corrected chi connectivity index (χ4v) is 5.07. The van der Waals surface area contributed by atoms with Crippen molar-refractivity contribution >= 4 is 23.6 Å². The van der Waals surface area contributed by atoms with Crippen molar-refractivity contribution in [3.63, 3.8) is 0 Å². The van der Waals surface area contributed by atoms with Crippen molar-refractivity contribution in [1.82, 2.24) is 10.2 Å². The molecule has 2 atom stereocenters. The molecule has 1 saturated heterocycles. The Labute approximate surface area is 175 Å². The molecular formula is C23H27FN2O2S. The topological polar surface area (TPSA) is 49.4 Å². The maximum absolute atomic E-state index is 14.3. The van der Waals surface area contributed by atoms with Gasteiger partial charge in [-0.25, -0.2) is 4.39 Å². The maximum Gasteiger partial charge on any atom is 0.258 e. The summed E-state index contributed by atoms with van der Waals surface area (Å²) in [6.07, 6.45) is 0.719. The van der Waals surface area contributed by atoms with Crippen LogP contribution in [0.15, 0.2) is 54.6 Å².